The molecule has 2 rings (SSSR count). The van der Waals surface area contributed by atoms with Gasteiger partial charge in [-0.15, -0.1) is 0 Å². The van der Waals surface area contributed by atoms with Gasteiger partial charge in [0.1, 0.15) is 5.60 Å². The number of rotatable bonds is 4. The van der Waals surface area contributed by atoms with E-state index in [9.17, 15) is 9.59 Å². The van der Waals surface area contributed by atoms with Crippen LogP contribution in [0.1, 0.15) is 56.8 Å². The van der Waals surface area contributed by atoms with Crippen molar-refractivity contribution in [2.75, 3.05) is 0 Å². The Hall–Kier alpha value is -1.84. The van der Waals surface area contributed by atoms with Gasteiger partial charge in [-0.2, -0.15) is 0 Å². The maximum absolute atomic E-state index is 12.3. The lowest BCUT2D eigenvalue weighted by Crippen LogP contribution is -2.49. The Labute approximate surface area is 125 Å². The first kappa shape index (κ1) is 15.5. The quantitative estimate of drug-likeness (QED) is 0.860. The van der Waals surface area contributed by atoms with E-state index >= 15 is 0 Å². The van der Waals surface area contributed by atoms with Gasteiger partial charge < -0.3 is 10.1 Å². The topological polar surface area (TPSA) is 55.4 Å². The lowest BCUT2D eigenvalue weighted by molar-refractivity contribution is -0.0492. The third-order valence-electron chi connectivity index (χ3n) is 3.63. The van der Waals surface area contributed by atoms with Crippen LogP contribution in [-0.4, -0.2) is 23.0 Å². The third-order valence-corrected chi connectivity index (χ3v) is 3.63. The fourth-order valence-corrected chi connectivity index (χ4v) is 2.43. The fourth-order valence-electron chi connectivity index (χ4n) is 2.43. The van der Waals surface area contributed by atoms with E-state index in [-0.39, 0.29) is 17.7 Å². The van der Waals surface area contributed by atoms with E-state index in [2.05, 4.69) is 5.32 Å². The minimum Gasteiger partial charge on any atom is -0.442 e. The highest BCUT2D eigenvalue weighted by atomic mass is 16.6. The van der Waals surface area contributed by atoms with Crippen LogP contribution in [0.15, 0.2) is 30.3 Å². The predicted octanol–water partition coefficient (Wildman–Crippen LogP) is 3.71. The smallest absolute Gasteiger partial charge is 0.408 e. The number of hydrogen-bond acceptors (Lipinski definition) is 3. The van der Waals surface area contributed by atoms with Crippen molar-refractivity contribution in [3.8, 4) is 0 Å². The van der Waals surface area contributed by atoms with Gasteiger partial charge >= 0.3 is 6.09 Å². The van der Waals surface area contributed by atoms with Crippen molar-refractivity contribution in [1.29, 1.82) is 0 Å². The second-order valence-electron chi connectivity index (χ2n) is 6.77. The molecule has 4 nitrogen and oxygen atoms in total. The van der Waals surface area contributed by atoms with Gasteiger partial charge in [0, 0.05) is 11.1 Å². The Kier molecular flexibility index (Phi) is 4.35. The lowest BCUT2D eigenvalue weighted by Gasteiger charge is -2.41. The number of carbonyl (C=O) groups is 2. The van der Waals surface area contributed by atoms with Gasteiger partial charge in [0.15, 0.2) is 5.78 Å². The van der Waals surface area contributed by atoms with Crippen LogP contribution in [0.25, 0.3) is 0 Å². The normalized spacial score (nSPS) is 16.7. The van der Waals surface area contributed by atoms with Gasteiger partial charge in [-0.05, 0) is 40.0 Å². The fraction of sp³-hybridized carbons (Fsp3) is 0.529. The van der Waals surface area contributed by atoms with Crippen LogP contribution in [0.2, 0.25) is 0 Å². The number of ketones is 1. The number of benzene rings is 1. The number of carbonyl (C=O) groups excluding carboxylic acids is 2. The first-order valence-electron chi connectivity index (χ1n) is 7.39. The molecule has 21 heavy (non-hydrogen) atoms. The Morgan fingerprint density at radius 1 is 1.19 bits per heavy atom. The zero-order valence-corrected chi connectivity index (χ0v) is 12.9. The predicted molar refractivity (Wildman–Crippen MR) is 81.3 cm³/mol. The summed E-state index contributed by atoms with van der Waals surface area (Å²) in [6, 6.07) is 9.15. The summed E-state index contributed by atoms with van der Waals surface area (Å²) in [5.74, 6) is 0.0267. The van der Waals surface area contributed by atoms with Crippen molar-refractivity contribution in [2.24, 2.45) is 0 Å². The average molecular weight is 289 g/mol. The van der Waals surface area contributed by atoms with Crippen LogP contribution in [0.4, 0.5) is 4.79 Å². The Morgan fingerprint density at radius 3 is 2.29 bits per heavy atom. The SMILES string of the molecule is CC(C)(C)NC(=O)OC1(CC(=O)c2ccccc2)CCC1. The molecule has 1 aliphatic carbocycles. The highest BCUT2D eigenvalue weighted by Gasteiger charge is 2.43. The maximum Gasteiger partial charge on any atom is 0.408 e. The monoisotopic (exact) mass is 289 g/mol. The van der Waals surface area contributed by atoms with E-state index in [1.165, 1.54) is 0 Å². The molecule has 0 aromatic heterocycles. The van der Waals surface area contributed by atoms with Crippen molar-refractivity contribution in [3.05, 3.63) is 35.9 Å². The van der Waals surface area contributed by atoms with E-state index in [4.69, 9.17) is 4.74 Å². The molecule has 1 fully saturated rings. The molecule has 0 radical (unpaired) electrons. The zero-order chi connectivity index (χ0) is 15.5. The standard InChI is InChI=1S/C17H23NO3/c1-16(2,3)18-15(20)21-17(10-7-11-17)12-14(19)13-8-5-4-6-9-13/h4-6,8-9H,7,10-12H2,1-3H3,(H,18,20). The molecule has 1 amide bonds. The number of hydrogen-bond donors (Lipinski definition) is 1. The van der Waals surface area contributed by atoms with Crippen LogP contribution < -0.4 is 5.32 Å². The van der Waals surface area contributed by atoms with Crippen LogP contribution >= 0.6 is 0 Å². The van der Waals surface area contributed by atoms with Crippen LogP contribution in [0, 0.1) is 0 Å². The molecular weight excluding hydrogens is 266 g/mol. The number of amides is 1. The molecule has 0 saturated heterocycles. The minimum absolute atomic E-state index is 0.0267. The van der Waals surface area contributed by atoms with Gasteiger partial charge in [-0.3, -0.25) is 4.79 Å². The van der Waals surface area contributed by atoms with Crippen molar-refractivity contribution in [3.63, 3.8) is 0 Å². The van der Waals surface area contributed by atoms with E-state index in [1.807, 2.05) is 39.0 Å². The highest BCUT2D eigenvalue weighted by Crippen LogP contribution is 2.39. The summed E-state index contributed by atoms with van der Waals surface area (Å²) in [7, 11) is 0. The zero-order valence-electron chi connectivity index (χ0n) is 12.9. The Balaban J connectivity index is 1.99. The first-order chi connectivity index (χ1) is 9.80. The summed E-state index contributed by atoms with van der Waals surface area (Å²) in [5.41, 5.74) is -0.295. The van der Waals surface area contributed by atoms with Gasteiger partial charge in [-0.1, -0.05) is 30.3 Å². The number of alkyl carbamates (subject to hydrolysis) is 1. The van der Waals surface area contributed by atoms with Crippen molar-refractivity contribution < 1.29 is 14.3 Å². The van der Waals surface area contributed by atoms with Crippen molar-refractivity contribution in [2.45, 2.75) is 57.6 Å². The first-order valence-corrected chi connectivity index (χ1v) is 7.39. The second-order valence-corrected chi connectivity index (χ2v) is 6.77. The van der Waals surface area contributed by atoms with Crippen LogP contribution in [0.5, 0.6) is 0 Å². The molecule has 4 heteroatoms. The molecule has 0 bridgehead atoms. The Morgan fingerprint density at radius 2 is 1.81 bits per heavy atom. The number of Topliss-reactive ketones (excluding diaryl/α,β-unsaturated/α-hetero) is 1. The molecule has 0 aliphatic heterocycles. The largest absolute Gasteiger partial charge is 0.442 e. The molecular formula is C17H23NO3. The summed E-state index contributed by atoms with van der Waals surface area (Å²) in [6.07, 6.45) is 2.31. The number of nitrogens with one attached hydrogen (secondary N) is 1. The summed E-state index contributed by atoms with van der Waals surface area (Å²) in [5, 5.41) is 2.78. The molecule has 0 spiro atoms. The molecule has 1 N–H and O–H groups in total. The molecule has 1 aromatic carbocycles. The molecule has 0 unspecified atom stereocenters. The van der Waals surface area contributed by atoms with E-state index in [1.54, 1.807) is 12.1 Å². The van der Waals surface area contributed by atoms with Gasteiger partial charge in [0.25, 0.3) is 0 Å². The number of ether oxygens (including phenoxy) is 1. The van der Waals surface area contributed by atoms with Crippen LogP contribution in [0.3, 0.4) is 0 Å². The third kappa shape index (κ3) is 4.31. The molecule has 1 aliphatic rings. The van der Waals surface area contributed by atoms with Gasteiger partial charge in [0.2, 0.25) is 0 Å². The molecule has 1 aromatic rings. The van der Waals surface area contributed by atoms with Crippen LogP contribution in [-0.2, 0) is 4.74 Å². The van der Waals surface area contributed by atoms with Gasteiger partial charge in [0.05, 0.1) is 6.42 Å². The van der Waals surface area contributed by atoms with Crippen molar-refractivity contribution >= 4 is 11.9 Å². The van der Waals surface area contributed by atoms with Gasteiger partial charge in [-0.25, -0.2) is 4.79 Å². The van der Waals surface area contributed by atoms with E-state index in [0.717, 1.165) is 19.3 Å². The summed E-state index contributed by atoms with van der Waals surface area (Å²) >= 11 is 0. The average Bonchev–Trinajstić information content (AvgIpc) is 2.34. The summed E-state index contributed by atoms with van der Waals surface area (Å²) < 4.78 is 5.57. The molecule has 0 heterocycles. The summed E-state index contributed by atoms with van der Waals surface area (Å²) in [6.45, 7) is 5.70. The summed E-state index contributed by atoms with van der Waals surface area (Å²) in [4.78, 5) is 24.2. The Bertz CT molecular complexity index is 513. The van der Waals surface area contributed by atoms with Crippen molar-refractivity contribution in [1.82, 2.24) is 5.32 Å². The second kappa shape index (κ2) is 5.88. The lowest BCUT2D eigenvalue weighted by atomic mass is 9.75. The minimum atomic E-state index is -0.623. The molecule has 1 saturated carbocycles. The highest BCUT2D eigenvalue weighted by molar-refractivity contribution is 5.96. The van der Waals surface area contributed by atoms with E-state index in [0.29, 0.717) is 5.56 Å². The molecule has 0 atom stereocenters. The van der Waals surface area contributed by atoms with E-state index < -0.39 is 11.7 Å². The maximum atomic E-state index is 12.3. The molecule has 114 valence electrons.